The first-order valence-corrected chi connectivity index (χ1v) is 3.93. The topological polar surface area (TPSA) is 34.9 Å². The highest BCUT2D eigenvalue weighted by atomic mass is 35.5. The Hall–Kier alpha value is -1.04. The van der Waals surface area contributed by atoms with E-state index in [1.54, 1.807) is 0 Å². The van der Waals surface area contributed by atoms with Crippen molar-refractivity contribution in [3.05, 3.63) is 17.0 Å². The molecule has 0 bridgehead atoms. The Morgan fingerprint density at radius 1 is 1.50 bits per heavy atom. The van der Waals surface area contributed by atoms with E-state index in [4.69, 9.17) is 11.6 Å². The number of hydrogen-bond donors (Lipinski definition) is 0. The SMILES string of the molecule is Cc1nn(C)c(C(=O)Cl)c1C(F)(F)F. The Balaban J connectivity index is 3.48. The fraction of sp³-hybridized carbons (Fsp3) is 0.429. The van der Waals surface area contributed by atoms with Crippen LogP contribution in [-0.4, -0.2) is 15.0 Å². The van der Waals surface area contributed by atoms with Crippen LogP contribution in [0.25, 0.3) is 0 Å². The third kappa shape index (κ3) is 1.75. The van der Waals surface area contributed by atoms with Gasteiger partial charge in [-0.25, -0.2) is 0 Å². The van der Waals surface area contributed by atoms with Gasteiger partial charge in [-0.2, -0.15) is 18.3 Å². The summed E-state index contributed by atoms with van der Waals surface area (Å²) in [6.45, 7) is 1.17. The van der Waals surface area contributed by atoms with Crippen LogP contribution in [0.3, 0.4) is 0 Å². The van der Waals surface area contributed by atoms with Gasteiger partial charge in [0, 0.05) is 7.05 Å². The Morgan fingerprint density at radius 3 is 2.29 bits per heavy atom. The summed E-state index contributed by atoms with van der Waals surface area (Å²) < 4.78 is 38.1. The van der Waals surface area contributed by atoms with Gasteiger partial charge in [-0.15, -0.1) is 0 Å². The molecule has 1 aromatic heterocycles. The van der Waals surface area contributed by atoms with Crippen LogP contribution >= 0.6 is 11.6 Å². The molecule has 0 fully saturated rings. The Bertz CT molecular complexity index is 383. The maximum atomic E-state index is 12.4. The average Bonchev–Trinajstić information content (AvgIpc) is 2.23. The molecular weight excluding hydrogens is 221 g/mol. The van der Waals surface area contributed by atoms with Crippen molar-refractivity contribution < 1.29 is 18.0 Å². The predicted molar refractivity (Wildman–Crippen MR) is 43.1 cm³/mol. The summed E-state index contributed by atoms with van der Waals surface area (Å²) >= 11 is 5.03. The molecule has 1 heterocycles. The molecule has 0 amide bonds. The van der Waals surface area contributed by atoms with Gasteiger partial charge >= 0.3 is 6.18 Å². The summed E-state index contributed by atoms with van der Waals surface area (Å²) in [6, 6.07) is 0. The number of hydrogen-bond acceptors (Lipinski definition) is 2. The monoisotopic (exact) mass is 226 g/mol. The number of halogens is 4. The van der Waals surface area contributed by atoms with Crippen LogP contribution in [0, 0.1) is 6.92 Å². The third-order valence-corrected chi connectivity index (χ3v) is 1.87. The van der Waals surface area contributed by atoms with Gasteiger partial charge in [-0.3, -0.25) is 9.48 Å². The van der Waals surface area contributed by atoms with E-state index in [1.807, 2.05) is 0 Å². The molecule has 1 aromatic rings. The zero-order valence-electron chi connectivity index (χ0n) is 7.31. The van der Waals surface area contributed by atoms with Gasteiger partial charge in [0.2, 0.25) is 0 Å². The van der Waals surface area contributed by atoms with E-state index in [9.17, 15) is 18.0 Å². The third-order valence-electron chi connectivity index (χ3n) is 1.69. The summed E-state index contributed by atoms with van der Waals surface area (Å²) in [4.78, 5) is 10.8. The largest absolute Gasteiger partial charge is 0.420 e. The molecule has 0 aliphatic carbocycles. The minimum Gasteiger partial charge on any atom is -0.274 e. The van der Waals surface area contributed by atoms with Crippen LogP contribution in [0.5, 0.6) is 0 Å². The number of aryl methyl sites for hydroxylation is 2. The molecule has 0 aromatic carbocycles. The molecule has 0 saturated carbocycles. The summed E-state index contributed by atoms with van der Waals surface area (Å²) in [5.74, 6) is 0. The summed E-state index contributed by atoms with van der Waals surface area (Å²) in [7, 11) is 1.23. The van der Waals surface area contributed by atoms with Crippen LogP contribution < -0.4 is 0 Å². The normalized spacial score (nSPS) is 11.9. The van der Waals surface area contributed by atoms with Crippen molar-refractivity contribution in [1.82, 2.24) is 9.78 Å². The van der Waals surface area contributed by atoms with Crippen LogP contribution in [0.4, 0.5) is 13.2 Å². The van der Waals surface area contributed by atoms with Crippen LogP contribution in [0.2, 0.25) is 0 Å². The van der Waals surface area contributed by atoms with E-state index in [0.29, 0.717) is 0 Å². The molecule has 1 rings (SSSR count). The molecule has 0 radical (unpaired) electrons. The molecule has 0 unspecified atom stereocenters. The predicted octanol–water partition coefficient (Wildman–Crippen LogP) is 2.13. The molecule has 0 atom stereocenters. The zero-order chi connectivity index (χ0) is 11.1. The first-order chi connectivity index (χ1) is 6.25. The molecule has 3 nitrogen and oxygen atoms in total. The Kier molecular flexibility index (Phi) is 2.58. The fourth-order valence-corrected chi connectivity index (χ4v) is 1.44. The lowest BCUT2D eigenvalue weighted by atomic mass is 10.2. The summed E-state index contributed by atoms with van der Waals surface area (Å²) in [6.07, 6.45) is -4.61. The number of nitrogens with zero attached hydrogens (tertiary/aromatic N) is 2. The second kappa shape index (κ2) is 3.27. The fourth-order valence-electron chi connectivity index (χ4n) is 1.22. The summed E-state index contributed by atoms with van der Waals surface area (Å²) in [5, 5.41) is 2.32. The van der Waals surface area contributed by atoms with Gasteiger partial charge in [0.05, 0.1) is 5.69 Å². The van der Waals surface area contributed by atoms with Crippen molar-refractivity contribution in [3.63, 3.8) is 0 Å². The highest BCUT2D eigenvalue weighted by molar-refractivity contribution is 6.67. The van der Waals surface area contributed by atoms with Gasteiger partial charge in [0.25, 0.3) is 5.24 Å². The van der Waals surface area contributed by atoms with E-state index >= 15 is 0 Å². The lowest BCUT2D eigenvalue weighted by Crippen LogP contribution is -2.12. The van der Waals surface area contributed by atoms with Crippen LogP contribution in [0.1, 0.15) is 21.7 Å². The quantitative estimate of drug-likeness (QED) is 0.688. The molecule has 0 saturated heterocycles. The highest BCUT2D eigenvalue weighted by Crippen LogP contribution is 2.34. The maximum Gasteiger partial charge on any atom is 0.420 e. The van der Waals surface area contributed by atoms with Crippen molar-refractivity contribution in [2.24, 2.45) is 7.05 Å². The number of alkyl halides is 3. The molecule has 78 valence electrons. The van der Waals surface area contributed by atoms with E-state index in [-0.39, 0.29) is 5.69 Å². The lowest BCUT2D eigenvalue weighted by molar-refractivity contribution is -0.138. The van der Waals surface area contributed by atoms with Crippen molar-refractivity contribution >= 4 is 16.8 Å². The van der Waals surface area contributed by atoms with Gasteiger partial charge in [-0.05, 0) is 18.5 Å². The first-order valence-electron chi connectivity index (χ1n) is 3.55. The van der Waals surface area contributed by atoms with E-state index < -0.39 is 22.7 Å². The van der Waals surface area contributed by atoms with E-state index in [0.717, 1.165) is 4.68 Å². The standard InChI is InChI=1S/C7H6ClF3N2O/c1-3-4(7(9,10)11)5(6(8)14)13(2)12-3/h1-2H3. The number of rotatable bonds is 1. The van der Waals surface area contributed by atoms with Crippen LogP contribution in [-0.2, 0) is 13.2 Å². The molecule has 0 aliphatic rings. The van der Waals surface area contributed by atoms with Crippen molar-refractivity contribution in [1.29, 1.82) is 0 Å². The van der Waals surface area contributed by atoms with Gasteiger partial charge in [0.1, 0.15) is 11.3 Å². The van der Waals surface area contributed by atoms with Gasteiger partial charge < -0.3 is 0 Å². The number of carbonyl (C=O) groups excluding carboxylic acids is 1. The molecule has 7 heteroatoms. The molecule has 0 aliphatic heterocycles. The second-order valence-electron chi connectivity index (χ2n) is 2.70. The summed E-state index contributed by atoms with van der Waals surface area (Å²) in [5.41, 5.74) is -1.96. The highest BCUT2D eigenvalue weighted by Gasteiger charge is 2.40. The minimum atomic E-state index is -4.61. The molecule has 14 heavy (non-hydrogen) atoms. The number of aromatic nitrogens is 2. The van der Waals surface area contributed by atoms with Gasteiger partial charge in [-0.1, -0.05) is 0 Å². The number of carbonyl (C=O) groups is 1. The van der Waals surface area contributed by atoms with E-state index in [2.05, 4.69) is 5.10 Å². The second-order valence-corrected chi connectivity index (χ2v) is 3.05. The smallest absolute Gasteiger partial charge is 0.274 e. The zero-order valence-corrected chi connectivity index (χ0v) is 8.07. The molecular formula is C7H6ClF3N2O. The van der Waals surface area contributed by atoms with Crippen molar-refractivity contribution in [2.75, 3.05) is 0 Å². The molecule has 0 spiro atoms. The van der Waals surface area contributed by atoms with Crippen molar-refractivity contribution in [2.45, 2.75) is 13.1 Å². The Labute approximate surface area is 82.5 Å². The van der Waals surface area contributed by atoms with Crippen molar-refractivity contribution in [3.8, 4) is 0 Å². The molecule has 0 N–H and O–H groups in total. The minimum absolute atomic E-state index is 0.260. The maximum absolute atomic E-state index is 12.4. The first kappa shape index (κ1) is 11.0. The van der Waals surface area contributed by atoms with Gasteiger partial charge in [0.15, 0.2) is 0 Å². The van der Waals surface area contributed by atoms with Crippen LogP contribution in [0.15, 0.2) is 0 Å². The van der Waals surface area contributed by atoms with E-state index in [1.165, 1.54) is 14.0 Å². The Morgan fingerprint density at radius 2 is 2.00 bits per heavy atom. The lowest BCUT2D eigenvalue weighted by Gasteiger charge is -2.06. The average molecular weight is 227 g/mol.